The van der Waals surface area contributed by atoms with Gasteiger partial charge in [-0.05, 0) is 30.5 Å². The highest BCUT2D eigenvalue weighted by molar-refractivity contribution is 5.37. The first-order valence-corrected chi connectivity index (χ1v) is 6.49. The summed E-state index contributed by atoms with van der Waals surface area (Å²) in [5.41, 5.74) is 8.03. The molecule has 0 unspecified atom stereocenters. The summed E-state index contributed by atoms with van der Waals surface area (Å²) in [4.78, 5) is 2.37. The van der Waals surface area contributed by atoms with E-state index in [-0.39, 0.29) is 6.10 Å². The van der Waals surface area contributed by atoms with E-state index in [1.54, 1.807) is 7.11 Å². The monoisotopic (exact) mass is 250 g/mol. The Hall–Kier alpha value is -1.10. The fourth-order valence-electron chi connectivity index (χ4n) is 2.43. The number of nitrogens with zero attached hydrogens (tertiary/aromatic N) is 1. The summed E-state index contributed by atoms with van der Waals surface area (Å²) in [6.07, 6.45) is 1.64. The zero-order valence-corrected chi connectivity index (χ0v) is 10.9. The van der Waals surface area contributed by atoms with Crippen LogP contribution in [0.15, 0.2) is 18.2 Å². The van der Waals surface area contributed by atoms with Crippen LogP contribution >= 0.6 is 0 Å². The quantitative estimate of drug-likeness (QED) is 0.840. The highest BCUT2D eigenvalue weighted by atomic mass is 16.5. The number of likely N-dealkylation sites (tertiary alicyclic amines) is 1. The molecule has 0 amide bonds. The van der Waals surface area contributed by atoms with E-state index in [0.717, 1.165) is 43.8 Å². The van der Waals surface area contributed by atoms with Crippen molar-refractivity contribution < 1.29 is 9.84 Å². The average Bonchev–Trinajstić information content (AvgIpc) is 2.41. The van der Waals surface area contributed by atoms with E-state index in [4.69, 9.17) is 10.5 Å². The minimum absolute atomic E-state index is 0.114. The molecular formula is C14H22N2O2. The van der Waals surface area contributed by atoms with Crippen LogP contribution in [0, 0.1) is 0 Å². The molecule has 0 atom stereocenters. The Bertz CT molecular complexity index is 387. The molecule has 4 heteroatoms. The Kier molecular flexibility index (Phi) is 4.58. The van der Waals surface area contributed by atoms with Crippen LogP contribution in [0.1, 0.15) is 24.0 Å². The molecule has 1 aliphatic heterocycles. The highest BCUT2D eigenvalue weighted by Crippen LogP contribution is 2.21. The molecule has 1 fully saturated rings. The summed E-state index contributed by atoms with van der Waals surface area (Å²) in [6.45, 7) is 3.34. The van der Waals surface area contributed by atoms with Crippen molar-refractivity contribution in [3.63, 3.8) is 0 Å². The summed E-state index contributed by atoms with van der Waals surface area (Å²) in [5, 5.41) is 9.48. The van der Waals surface area contributed by atoms with Crippen molar-refractivity contribution in [2.24, 2.45) is 5.73 Å². The number of benzene rings is 1. The van der Waals surface area contributed by atoms with E-state index >= 15 is 0 Å². The number of hydrogen-bond donors (Lipinski definition) is 2. The lowest BCUT2D eigenvalue weighted by Gasteiger charge is -2.29. The van der Waals surface area contributed by atoms with Crippen LogP contribution in [-0.2, 0) is 13.1 Å². The predicted octanol–water partition coefficient (Wildman–Crippen LogP) is 1.11. The predicted molar refractivity (Wildman–Crippen MR) is 71.4 cm³/mol. The molecule has 4 nitrogen and oxygen atoms in total. The minimum Gasteiger partial charge on any atom is -0.496 e. The van der Waals surface area contributed by atoms with Gasteiger partial charge in [-0.2, -0.15) is 0 Å². The number of methoxy groups -OCH3 is 1. The summed E-state index contributed by atoms with van der Waals surface area (Å²) in [6, 6.07) is 6.18. The topological polar surface area (TPSA) is 58.7 Å². The minimum atomic E-state index is -0.114. The maximum absolute atomic E-state index is 9.48. The van der Waals surface area contributed by atoms with Crippen LogP contribution in [0.3, 0.4) is 0 Å². The van der Waals surface area contributed by atoms with E-state index in [0.29, 0.717) is 6.54 Å². The normalized spacial score (nSPS) is 17.9. The fraction of sp³-hybridized carbons (Fsp3) is 0.571. The van der Waals surface area contributed by atoms with Gasteiger partial charge in [0, 0.05) is 31.7 Å². The Balaban J connectivity index is 2.01. The van der Waals surface area contributed by atoms with Gasteiger partial charge in [-0.1, -0.05) is 6.07 Å². The van der Waals surface area contributed by atoms with Gasteiger partial charge in [-0.25, -0.2) is 0 Å². The lowest BCUT2D eigenvalue weighted by atomic mass is 10.1. The lowest BCUT2D eigenvalue weighted by molar-refractivity contribution is 0.0792. The van der Waals surface area contributed by atoms with Gasteiger partial charge in [0.1, 0.15) is 5.75 Å². The van der Waals surface area contributed by atoms with Crippen LogP contribution in [0.25, 0.3) is 0 Å². The van der Waals surface area contributed by atoms with Gasteiger partial charge in [0.2, 0.25) is 0 Å². The molecule has 1 aliphatic rings. The van der Waals surface area contributed by atoms with Gasteiger partial charge in [0.05, 0.1) is 13.2 Å². The number of ether oxygens (including phenoxy) is 1. The summed E-state index contributed by atoms with van der Waals surface area (Å²) < 4.78 is 5.27. The number of nitrogens with two attached hydrogens (primary N) is 1. The Morgan fingerprint density at radius 3 is 2.72 bits per heavy atom. The smallest absolute Gasteiger partial charge is 0.123 e. The van der Waals surface area contributed by atoms with Crippen molar-refractivity contribution in [1.29, 1.82) is 0 Å². The van der Waals surface area contributed by atoms with Gasteiger partial charge in [0.25, 0.3) is 0 Å². The standard InChI is InChI=1S/C14H22N2O2/c1-18-14-3-2-11(8-12(14)9-15)10-16-6-4-13(17)5-7-16/h2-3,8,13,17H,4-7,9-10,15H2,1H3. The first-order chi connectivity index (χ1) is 8.72. The van der Waals surface area contributed by atoms with Crippen LogP contribution in [0.4, 0.5) is 0 Å². The van der Waals surface area contributed by atoms with E-state index in [1.165, 1.54) is 5.56 Å². The third kappa shape index (κ3) is 3.22. The first-order valence-electron chi connectivity index (χ1n) is 6.49. The summed E-state index contributed by atoms with van der Waals surface area (Å²) in [5.74, 6) is 0.857. The zero-order valence-electron chi connectivity index (χ0n) is 10.9. The molecule has 2 rings (SSSR count). The largest absolute Gasteiger partial charge is 0.496 e. The van der Waals surface area contributed by atoms with E-state index < -0.39 is 0 Å². The molecule has 1 aromatic carbocycles. The third-order valence-electron chi connectivity index (χ3n) is 3.53. The molecule has 3 N–H and O–H groups in total. The van der Waals surface area contributed by atoms with Crippen LogP contribution in [0.5, 0.6) is 5.75 Å². The molecule has 0 saturated carbocycles. The molecular weight excluding hydrogens is 228 g/mol. The fourth-order valence-corrected chi connectivity index (χ4v) is 2.43. The highest BCUT2D eigenvalue weighted by Gasteiger charge is 2.17. The Morgan fingerprint density at radius 1 is 1.39 bits per heavy atom. The number of aliphatic hydroxyl groups is 1. The van der Waals surface area contributed by atoms with Crippen LogP contribution in [0.2, 0.25) is 0 Å². The number of aliphatic hydroxyl groups excluding tert-OH is 1. The zero-order chi connectivity index (χ0) is 13.0. The molecule has 18 heavy (non-hydrogen) atoms. The molecule has 1 saturated heterocycles. The molecule has 0 spiro atoms. The van der Waals surface area contributed by atoms with Crippen molar-refractivity contribution in [1.82, 2.24) is 4.90 Å². The molecule has 1 heterocycles. The first kappa shape index (κ1) is 13.3. The molecule has 0 bridgehead atoms. The lowest BCUT2D eigenvalue weighted by Crippen LogP contribution is -2.35. The van der Waals surface area contributed by atoms with Gasteiger partial charge in [-0.15, -0.1) is 0 Å². The van der Waals surface area contributed by atoms with Gasteiger partial charge < -0.3 is 15.6 Å². The maximum atomic E-state index is 9.48. The van der Waals surface area contributed by atoms with Gasteiger partial charge in [-0.3, -0.25) is 4.90 Å². The summed E-state index contributed by atoms with van der Waals surface area (Å²) >= 11 is 0. The molecule has 1 aromatic rings. The van der Waals surface area contributed by atoms with Crippen molar-refractivity contribution >= 4 is 0 Å². The average molecular weight is 250 g/mol. The second-order valence-corrected chi connectivity index (χ2v) is 4.86. The van der Waals surface area contributed by atoms with Gasteiger partial charge in [0.15, 0.2) is 0 Å². The number of piperidine rings is 1. The molecule has 0 aromatic heterocycles. The second kappa shape index (κ2) is 6.18. The number of hydrogen-bond acceptors (Lipinski definition) is 4. The number of rotatable bonds is 4. The van der Waals surface area contributed by atoms with Crippen LogP contribution in [-0.4, -0.2) is 36.3 Å². The molecule has 0 radical (unpaired) electrons. The SMILES string of the molecule is COc1ccc(CN2CCC(O)CC2)cc1CN. The van der Waals surface area contributed by atoms with Gasteiger partial charge >= 0.3 is 0 Å². The van der Waals surface area contributed by atoms with E-state index in [9.17, 15) is 5.11 Å². The maximum Gasteiger partial charge on any atom is 0.123 e. The summed E-state index contributed by atoms with van der Waals surface area (Å²) in [7, 11) is 1.67. The van der Waals surface area contributed by atoms with Crippen molar-refractivity contribution in [3.8, 4) is 5.75 Å². The Labute approximate surface area is 108 Å². The van der Waals surface area contributed by atoms with Crippen molar-refractivity contribution in [2.45, 2.75) is 32.0 Å². The second-order valence-electron chi connectivity index (χ2n) is 4.86. The van der Waals surface area contributed by atoms with E-state index in [1.807, 2.05) is 6.07 Å². The van der Waals surface area contributed by atoms with Crippen LogP contribution < -0.4 is 10.5 Å². The Morgan fingerprint density at radius 2 is 2.11 bits per heavy atom. The molecule has 0 aliphatic carbocycles. The molecule has 100 valence electrons. The van der Waals surface area contributed by atoms with E-state index in [2.05, 4.69) is 17.0 Å². The van der Waals surface area contributed by atoms with Crippen molar-refractivity contribution in [3.05, 3.63) is 29.3 Å². The van der Waals surface area contributed by atoms with Crippen molar-refractivity contribution in [2.75, 3.05) is 20.2 Å². The third-order valence-corrected chi connectivity index (χ3v) is 3.53.